The Kier molecular flexibility index (Phi) is 6.26. The molecule has 2 rings (SSSR count). The van der Waals surface area contributed by atoms with Gasteiger partial charge in [-0.05, 0) is 48.3 Å². The Hall–Kier alpha value is -0.850. The Balaban J connectivity index is 2.11. The second-order valence-electron chi connectivity index (χ2n) is 5.37. The van der Waals surface area contributed by atoms with E-state index in [0.29, 0.717) is 19.2 Å². The summed E-state index contributed by atoms with van der Waals surface area (Å²) in [7, 11) is 1.67. The van der Waals surface area contributed by atoms with Crippen LogP contribution in [-0.4, -0.2) is 54.8 Å². The minimum absolute atomic E-state index is 0.0771. The highest BCUT2D eigenvalue weighted by Crippen LogP contribution is 2.17. The molecule has 6 heteroatoms. The fraction of sp³-hybridized carbons (Fsp3) is 0.667. The molecule has 21 heavy (non-hydrogen) atoms. The van der Waals surface area contributed by atoms with Gasteiger partial charge < -0.3 is 19.5 Å². The molecule has 1 atom stereocenters. The van der Waals surface area contributed by atoms with Crippen molar-refractivity contribution in [2.24, 2.45) is 0 Å². The summed E-state index contributed by atoms with van der Waals surface area (Å²) in [6.07, 6.45) is 4.28. The number of hydrogen-bond acceptors (Lipinski definition) is 3. The Morgan fingerprint density at radius 3 is 3.05 bits per heavy atom. The van der Waals surface area contributed by atoms with E-state index in [0.717, 1.165) is 36.2 Å². The maximum Gasteiger partial charge on any atom is 0.270 e. The SMILES string of the molecule is CCn1cc(Br)cc1C(=O)N(CCOC)CC1CCCN1. The summed E-state index contributed by atoms with van der Waals surface area (Å²) in [4.78, 5) is 14.7. The molecule has 0 aliphatic carbocycles. The molecule has 118 valence electrons. The average Bonchev–Trinajstić information content (AvgIpc) is 3.11. The number of carbonyl (C=O) groups is 1. The van der Waals surface area contributed by atoms with Crippen LogP contribution in [-0.2, 0) is 11.3 Å². The summed E-state index contributed by atoms with van der Waals surface area (Å²) in [5, 5.41) is 3.45. The van der Waals surface area contributed by atoms with Crippen molar-refractivity contribution in [3.8, 4) is 0 Å². The number of methoxy groups -OCH3 is 1. The molecule has 0 spiro atoms. The van der Waals surface area contributed by atoms with Crippen molar-refractivity contribution in [2.75, 3.05) is 33.4 Å². The highest BCUT2D eigenvalue weighted by atomic mass is 79.9. The van der Waals surface area contributed by atoms with Gasteiger partial charge >= 0.3 is 0 Å². The second-order valence-corrected chi connectivity index (χ2v) is 6.28. The molecule has 1 aliphatic heterocycles. The van der Waals surface area contributed by atoms with Gasteiger partial charge in [0.1, 0.15) is 5.69 Å². The van der Waals surface area contributed by atoms with E-state index in [1.54, 1.807) is 7.11 Å². The quantitative estimate of drug-likeness (QED) is 0.812. The van der Waals surface area contributed by atoms with Crippen LogP contribution >= 0.6 is 15.9 Å². The van der Waals surface area contributed by atoms with Crippen molar-refractivity contribution in [3.63, 3.8) is 0 Å². The van der Waals surface area contributed by atoms with Crippen LogP contribution in [0.25, 0.3) is 0 Å². The van der Waals surface area contributed by atoms with E-state index in [4.69, 9.17) is 4.74 Å². The first-order valence-corrected chi connectivity index (χ1v) is 8.32. The van der Waals surface area contributed by atoms with Crippen LogP contribution in [0.2, 0.25) is 0 Å². The molecule has 1 unspecified atom stereocenters. The number of hydrogen-bond donors (Lipinski definition) is 1. The summed E-state index contributed by atoms with van der Waals surface area (Å²) in [6, 6.07) is 2.30. The molecule has 1 saturated heterocycles. The van der Waals surface area contributed by atoms with Gasteiger partial charge in [-0.1, -0.05) is 0 Å². The number of amides is 1. The van der Waals surface area contributed by atoms with Gasteiger partial charge in [0.2, 0.25) is 0 Å². The molecule has 2 heterocycles. The van der Waals surface area contributed by atoms with Gasteiger partial charge in [0.05, 0.1) is 6.61 Å². The average molecular weight is 358 g/mol. The first-order valence-electron chi connectivity index (χ1n) is 7.53. The molecule has 1 aromatic rings. The zero-order valence-electron chi connectivity index (χ0n) is 12.8. The van der Waals surface area contributed by atoms with Gasteiger partial charge in [-0.25, -0.2) is 0 Å². The van der Waals surface area contributed by atoms with Crippen LogP contribution in [0.4, 0.5) is 0 Å². The van der Waals surface area contributed by atoms with E-state index in [1.807, 2.05) is 28.7 Å². The monoisotopic (exact) mass is 357 g/mol. The molecular weight excluding hydrogens is 334 g/mol. The molecule has 1 fully saturated rings. The molecule has 1 N–H and O–H groups in total. The summed E-state index contributed by atoms with van der Waals surface area (Å²) in [6.45, 7) is 5.81. The van der Waals surface area contributed by atoms with E-state index < -0.39 is 0 Å². The van der Waals surface area contributed by atoms with Crippen LogP contribution in [0, 0.1) is 0 Å². The maximum absolute atomic E-state index is 12.8. The van der Waals surface area contributed by atoms with Gasteiger partial charge in [-0.2, -0.15) is 0 Å². The third-order valence-corrected chi connectivity index (χ3v) is 4.31. The first kappa shape index (κ1) is 16.5. The van der Waals surface area contributed by atoms with Crippen molar-refractivity contribution in [3.05, 3.63) is 22.4 Å². The molecular formula is C15H24BrN3O2. The Bertz CT molecular complexity index is 469. The van der Waals surface area contributed by atoms with Gasteiger partial charge in [0.25, 0.3) is 5.91 Å². The molecule has 0 aromatic carbocycles. The lowest BCUT2D eigenvalue weighted by atomic mass is 10.2. The highest BCUT2D eigenvalue weighted by Gasteiger charge is 2.24. The zero-order chi connectivity index (χ0) is 15.2. The van der Waals surface area contributed by atoms with E-state index >= 15 is 0 Å². The summed E-state index contributed by atoms with van der Waals surface area (Å²) >= 11 is 3.45. The molecule has 5 nitrogen and oxygen atoms in total. The molecule has 0 radical (unpaired) electrons. The lowest BCUT2D eigenvalue weighted by Crippen LogP contribution is -2.43. The van der Waals surface area contributed by atoms with Gasteiger partial charge in [-0.3, -0.25) is 4.79 Å². The topological polar surface area (TPSA) is 46.5 Å². The van der Waals surface area contributed by atoms with E-state index in [1.165, 1.54) is 6.42 Å². The van der Waals surface area contributed by atoms with Crippen LogP contribution in [0.3, 0.4) is 0 Å². The Morgan fingerprint density at radius 2 is 2.43 bits per heavy atom. The van der Waals surface area contributed by atoms with E-state index in [9.17, 15) is 4.79 Å². The van der Waals surface area contributed by atoms with Gasteiger partial charge in [0, 0.05) is 43.5 Å². The number of ether oxygens (including phenoxy) is 1. The highest BCUT2D eigenvalue weighted by molar-refractivity contribution is 9.10. The standard InChI is InChI=1S/C15H24BrN3O2/c1-3-18-10-12(16)9-14(18)15(20)19(7-8-21-2)11-13-5-4-6-17-13/h9-10,13,17H,3-8,11H2,1-2H3. The summed E-state index contributed by atoms with van der Waals surface area (Å²) in [5.41, 5.74) is 0.735. The van der Waals surface area contributed by atoms with Crippen LogP contribution in [0.5, 0.6) is 0 Å². The number of nitrogens with zero attached hydrogens (tertiary/aromatic N) is 2. The Labute approximate surface area is 134 Å². The number of carbonyl (C=O) groups excluding carboxylic acids is 1. The minimum Gasteiger partial charge on any atom is -0.383 e. The smallest absolute Gasteiger partial charge is 0.270 e. The van der Waals surface area contributed by atoms with Crippen molar-refractivity contribution in [1.82, 2.24) is 14.8 Å². The van der Waals surface area contributed by atoms with E-state index in [2.05, 4.69) is 21.2 Å². The normalized spacial score (nSPS) is 18.1. The minimum atomic E-state index is 0.0771. The van der Waals surface area contributed by atoms with Gasteiger partial charge in [0.15, 0.2) is 0 Å². The predicted molar refractivity (Wildman–Crippen MR) is 86.6 cm³/mol. The number of halogens is 1. The fourth-order valence-electron chi connectivity index (χ4n) is 2.73. The molecule has 1 amide bonds. The van der Waals surface area contributed by atoms with Crippen molar-refractivity contribution in [2.45, 2.75) is 32.4 Å². The maximum atomic E-state index is 12.8. The number of aryl methyl sites for hydroxylation is 1. The Morgan fingerprint density at radius 1 is 1.62 bits per heavy atom. The third kappa shape index (κ3) is 4.31. The van der Waals surface area contributed by atoms with Crippen molar-refractivity contribution < 1.29 is 9.53 Å². The molecule has 0 bridgehead atoms. The van der Waals surface area contributed by atoms with Crippen LogP contribution < -0.4 is 5.32 Å². The number of nitrogens with one attached hydrogen (secondary N) is 1. The molecule has 0 saturated carbocycles. The second kappa shape index (κ2) is 7.96. The van der Waals surface area contributed by atoms with Crippen LogP contribution in [0.15, 0.2) is 16.7 Å². The van der Waals surface area contributed by atoms with Crippen molar-refractivity contribution >= 4 is 21.8 Å². The zero-order valence-corrected chi connectivity index (χ0v) is 14.4. The van der Waals surface area contributed by atoms with Crippen molar-refractivity contribution in [1.29, 1.82) is 0 Å². The van der Waals surface area contributed by atoms with Gasteiger partial charge in [-0.15, -0.1) is 0 Å². The lowest BCUT2D eigenvalue weighted by Gasteiger charge is -2.26. The molecule has 1 aliphatic rings. The summed E-state index contributed by atoms with van der Waals surface area (Å²) in [5.74, 6) is 0.0771. The predicted octanol–water partition coefficient (Wildman–Crippen LogP) is 2.11. The van der Waals surface area contributed by atoms with Crippen LogP contribution in [0.1, 0.15) is 30.3 Å². The number of aromatic nitrogens is 1. The lowest BCUT2D eigenvalue weighted by molar-refractivity contribution is 0.0669. The van der Waals surface area contributed by atoms with E-state index in [-0.39, 0.29) is 5.91 Å². The molecule has 1 aromatic heterocycles. The fourth-order valence-corrected chi connectivity index (χ4v) is 3.20. The first-order chi connectivity index (χ1) is 10.2. The third-order valence-electron chi connectivity index (χ3n) is 3.88. The largest absolute Gasteiger partial charge is 0.383 e. The number of rotatable bonds is 7. The summed E-state index contributed by atoms with van der Waals surface area (Å²) < 4.78 is 8.08.